The smallest absolute Gasteiger partial charge is 0.355 e. The molecule has 0 radical (unpaired) electrons. The van der Waals surface area contributed by atoms with Crippen molar-refractivity contribution < 1.29 is 19.1 Å². The molecule has 2 rings (SSSR count). The standard InChI is InChI=1S/C18H24N4O4/c1-9(2)22-14(7-8-19-22)21-17(24)13(6)26-18(25)16-10(3)15(12(5)23)11(4)20-16/h7-9,13,20H,1-6H3,(H,21,24)/t13-/m0/s1. The Hall–Kier alpha value is -2.90. The molecule has 2 aromatic heterocycles. The van der Waals surface area contributed by atoms with Crippen LogP contribution in [0.2, 0.25) is 0 Å². The topological polar surface area (TPSA) is 106 Å². The Morgan fingerprint density at radius 2 is 1.88 bits per heavy atom. The minimum Gasteiger partial charge on any atom is -0.448 e. The zero-order chi connectivity index (χ0) is 19.6. The Bertz CT molecular complexity index is 847. The molecular formula is C18H24N4O4. The number of rotatable bonds is 6. The van der Waals surface area contributed by atoms with Crippen LogP contribution in [0.15, 0.2) is 12.3 Å². The van der Waals surface area contributed by atoms with Gasteiger partial charge >= 0.3 is 5.97 Å². The van der Waals surface area contributed by atoms with E-state index in [1.807, 2.05) is 13.8 Å². The van der Waals surface area contributed by atoms with Crippen molar-refractivity contribution in [3.63, 3.8) is 0 Å². The molecule has 1 atom stereocenters. The highest BCUT2D eigenvalue weighted by molar-refractivity contribution is 6.02. The van der Waals surface area contributed by atoms with E-state index in [2.05, 4.69) is 15.4 Å². The van der Waals surface area contributed by atoms with E-state index >= 15 is 0 Å². The summed E-state index contributed by atoms with van der Waals surface area (Å²) in [5.41, 5.74) is 1.76. The molecule has 0 saturated carbocycles. The Balaban J connectivity index is 2.09. The highest BCUT2D eigenvalue weighted by Gasteiger charge is 2.25. The number of esters is 1. The fourth-order valence-corrected chi connectivity index (χ4v) is 2.81. The molecule has 0 bridgehead atoms. The van der Waals surface area contributed by atoms with Gasteiger partial charge in [0.15, 0.2) is 11.9 Å². The average molecular weight is 360 g/mol. The summed E-state index contributed by atoms with van der Waals surface area (Å²) in [4.78, 5) is 39.2. The van der Waals surface area contributed by atoms with Crippen LogP contribution in [0.5, 0.6) is 0 Å². The highest BCUT2D eigenvalue weighted by atomic mass is 16.5. The zero-order valence-electron chi connectivity index (χ0n) is 15.8. The first kappa shape index (κ1) is 19.4. The lowest BCUT2D eigenvalue weighted by Gasteiger charge is -2.15. The number of hydrogen-bond acceptors (Lipinski definition) is 5. The van der Waals surface area contributed by atoms with Crippen molar-refractivity contribution in [3.8, 4) is 0 Å². The van der Waals surface area contributed by atoms with Gasteiger partial charge in [0.05, 0.1) is 6.20 Å². The van der Waals surface area contributed by atoms with Gasteiger partial charge in [0.25, 0.3) is 5.91 Å². The number of carbonyl (C=O) groups excluding carboxylic acids is 3. The van der Waals surface area contributed by atoms with Crippen molar-refractivity contribution in [1.29, 1.82) is 0 Å². The number of aryl methyl sites for hydroxylation is 1. The monoisotopic (exact) mass is 360 g/mol. The van der Waals surface area contributed by atoms with Crippen LogP contribution in [0.4, 0.5) is 5.82 Å². The van der Waals surface area contributed by atoms with Crippen LogP contribution in [0.1, 0.15) is 65.8 Å². The Morgan fingerprint density at radius 1 is 1.23 bits per heavy atom. The van der Waals surface area contributed by atoms with Gasteiger partial charge in [-0.25, -0.2) is 9.48 Å². The summed E-state index contributed by atoms with van der Waals surface area (Å²) >= 11 is 0. The molecule has 0 saturated heterocycles. The summed E-state index contributed by atoms with van der Waals surface area (Å²) in [5.74, 6) is -0.756. The summed E-state index contributed by atoms with van der Waals surface area (Å²) in [7, 11) is 0. The molecule has 0 unspecified atom stereocenters. The number of hydrogen-bond donors (Lipinski definition) is 2. The number of aromatic nitrogens is 3. The molecule has 0 aliphatic carbocycles. The van der Waals surface area contributed by atoms with Crippen molar-refractivity contribution in [3.05, 3.63) is 34.8 Å². The third kappa shape index (κ3) is 3.84. The molecule has 1 amide bonds. The number of nitrogens with one attached hydrogen (secondary N) is 2. The number of Topliss-reactive ketones (excluding diaryl/α,β-unsaturated/α-hetero) is 1. The van der Waals surface area contributed by atoms with Crippen molar-refractivity contribution >= 4 is 23.5 Å². The van der Waals surface area contributed by atoms with Crippen LogP contribution in [0, 0.1) is 13.8 Å². The second kappa shape index (κ2) is 7.55. The minimum absolute atomic E-state index is 0.0766. The van der Waals surface area contributed by atoms with Gasteiger partial charge < -0.3 is 15.0 Å². The third-order valence-electron chi connectivity index (χ3n) is 4.06. The van der Waals surface area contributed by atoms with Gasteiger partial charge in [-0.1, -0.05) is 0 Å². The molecule has 140 valence electrons. The SMILES string of the molecule is CC(=O)c1c(C)[nH]c(C(=O)O[C@@H](C)C(=O)Nc2ccnn2C(C)C)c1C. The first-order valence-electron chi connectivity index (χ1n) is 8.38. The van der Waals surface area contributed by atoms with Gasteiger partial charge in [-0.2, -0.15) is 5.10 Å². The first-order valence-corrected chi connectivity index (χ1v) is 8.38. The maximum absolute atomic E-state index is 12.4. The second-order valence-corrected chi connectivity index (χ2v) is 6.47. The number of aromatic amines is 1. The molecule has 0 aliphatic rings. The summed E-state index contributed by atoms with van der Waals surface area (Å²) < 4.78 is 6.91. The van der Waals surface area contributed by atoms with Crippen LogP contribution in [0.3, 0.4) is 0 Å². The maximum atomic E-state index is 12.4. The summed E-state index contributed by atoms with van der Waals surface area (Å²) in [5, 5.41) is 6.83. The predicted octanol–water partition coefficient (Wildman–Crippen LogP) is 2.80. The van der Waals surface area contributed by atoms with E-state index in [0.29, 0.717) is 22.6 Å². The van der Waals surface area contributed by atoms with Crippen molar-refractivity contribution in [1.82, 2.24) is 14.8 Å². The number of anilines is 1. The van der Waals surface area contributed by atoms with Crippen LogP contribution in [-0.2, 0) is 9.53 Å². The number of nitrogens with zero attached hydrogens (tertiary/aromatic N) is 2. The molecule has 0 fully saturated rings. The van der Waals surface area contributed by atoms with Crippen molar-refractivity contribution in [2.75, 3.05) is 5.32 Å². The number of ether oxygens (including phenoxy) is 1. The quantitative estimate of drug-likeness (QED) is 0.608. The lowest BCUT2D eigenvalue weighted by Crippen LogP contribution is -2.31. The van der Waals surface area contributed by atoms with E-state index in [-0.39, 0.29) is 17.5 Å². The number of amides is 1. The van der Waals surface area contributed by atoms with E-state index in [0.717, 1.165) is 0 Å². The molecule has 2 heterocycles. The lowest BCUT2D eigenvalue weighted by atomic mass is 10.1. The largest absolute Gasteiger partial charge is 0.448 e. The van der Waals surface area contributed by atoms with Gasteiger partial charge in [-0.05, 0) is 47.1 Å². The summed E-state index contributed by atoms with van der Waals surface area (Å²) in [6.45, 7) is 10.2. The molecule has 0 aliphatic heterocycles. The fraction of sp³-hybridized carbons (Fsp3) is 0.444. The van der Waals surface area contributed by atoms with Crippen LogP contribution in [0.25, 0.3) is 0 Å². The van der Waals surface area contributed by atoms with E-state index in [1.54, 1.807) is 30.8 Å². The Morgan fingerprint density at radius 3 is 2.42 bits per heavy atom. The second-order valence-electron chi connectivity index (χ2n) is 6.47. The fourth-order valence-electron chi connectivity index (χ4n) is 2.81. The molecule has 8 heteroatoms. The molecular weight excluding hydrogens is 336 g/mol. The predicted molar refractivity (Wildman–Crippen MR) is 96.4 cm³/mol. The van der Waals surface area contributed by atoms with Crippen LogP contribution < -0.4 is 5.32 Å². The van der Waals surface area contributed by atoms with Crippen molar-refractivity contribution in [2.45, 2.75) is 53.7 Å². The Kier molecular flexibility index (Phi) is 5.64. The Labute approximate surface area is 151 Å². The van der Waals surface area contributed by atoms with Gasteiger partial charge in [-0.3, -0.25) is 9.59 Å². The average Bonchev–Trinajstić information content (AvgIpc) is 3.11. The summed E-state index contributed by atoms with van der Waals surface area (Å²) in [6.07, 6.45) is 0.572. The molecule has 8 nitrogen and oxygen atoms in total. The first-order chi connectivity index (χ1) is 12.1. The molecule has 26 heavy (non-hydrogen) atoms. The van der Waals surface area contributed by atoms with E-state index in [1.165, 1.54) is 13.8 Å². The van der Waals surface area contributed by atoms with Gasteiger partial charge in [0.1, 0.15) is 11.5 Å². The van der Waals surface area contributed by atoms with Gasteiger partial charge in [0.2, 0.25) is 0 Å². The molecule has 0 aromatic carbocycles. The maximum Gasteiger partial charge on any atom is 0.355 e. The van der Waals surface area contributed by atoms with Gasteiger partial charge in [0, 0.05) is 23.4 Å². The molecule has 0 spiro atoms. The molecule has 2 aromatic rings. The van der Waals surface area contributed by atoms with Crippen LogP contribution in [-0.4, -0.2) is 38.5 Å². The van der Waals surface area contributed by atoms with Gasteiger partial charge in [-0.15, -0.1) is 0 Å². The number of ketones is 1. The van der Waals surface area contributed by atoms with Crippen molar-refractivity contribution in [2.24, 2.45) is 0 Å². The van der Waals surface area contributed by atoms with E-state index in [4.69, 9.17) is 4.74 Å². The minimum atomic E-state index is -1.01. The lowest BCUT2D eigenvalue weighted by molar-refractivity contribution is -0.123. The van der Waals surface area contributed by atoms with Crippen LogP contribution >= 0.6 is 0 Å². The normalized spacial score (nSPS) is 12.1. The number of carbonyl (C=O) groups is 3. The zero-order valence-corrected chi connectivity index (χ0v) is 15.8. The van der Waals surface area contributed by atoms with E-state index in [9.17, 15) is 14.4 Å². The van der Waals surface area contributed by atoms with E-state index < -0.39 is 18.0 Å². The molecule has 2 N–H and O–H groups in total. The highest BCUT2D eigenvalue weighted by Crippen LogP contribution is 2.20. The summed E-state index contributed by atoms with van der Waals surface area (Å²) in [6, 6.07) is 1.75. The third-order valence-corrected chi connectivity index (χ3v) is 4.06. The number of H-pyrrole nitrogens is 1.